The Morgan fingerprint density at radius 3 is 2.44 bits per heavy atom. The molecule has 1 aliphatic rings. The summed E-state index contributed by atoms with van der Waals surface area (Å²) in [5.74, 6) is 2.78. The van der Waals surface area contributed by atoms with Crippen molar-refractivity contribution in [3.63, 3.8) is 0 Å². The summed E-state index contributed by atoms with van der Waals surface area (Å²) in [5, 5.41) is 4.14. The largest absolute Gasteiger partial charge is 0.484 e. The predicted octanol–water partition coefficient (Wildman–Crippen LogP) is 5.17. The molecule has 0 saturated carbocycles. The lowest BCUT2D eigenvalue weighted by molar-refractivity contribution is -0.123. The molecule has 0 aliphatic carbocycles. The third-order valence-electron chi connectivity index (χ3n) is 5.63. The second kappa shape index (κ2) is 11.1. The number of benzene rings is 2. The lowest BCUT2D eigenvalue weighted by Gasteiger charge is -2.14. The molecular formula is C26H30N4O2S2. The van der Waals surface area contributed by atoms with E-state index >= 15 is 0 Å². The third-order valence-corrected chi connectivity index (χ3v) is 8.74. The van der Waals surface area contributed by atoms with Gasteiger partial charge in [0.05, 0.1) is 10.8 Å². The molecular weight excluding hydrogens is 464 g/mol. The number of hydrogen-bond donors (Lipinski definition) is 1. The molecule has 34 heavy (non-hydrogen) atoms. The number of hydrogen-bond acceptors (Lipinski definition) is 6. The highest BCUT2D eigenvalue weighted by molar-refractivity contribution is 8.19. The molecule has 1 saturated heterocycles. The van der Waals surface area contributed by atoms with E-state index in [4.69, 9.17) is 4.74 Å². The average molecular weight is 495 g/mol. The van der Waals surface area contributed by atoms with Crippen LogP contribution in [0.1, 0.15) is 27.1 Å². The van der Waals surface area contributed by atoms with E-state index in [1.165, 1.54) is 17.1 Å². The van der Waals surface area contributed by atoms with Crippen LogP contribution in [-0.2, 0) is 4.79 Å². The summed E-state index contributed by atoms with van der Waals surface area (Å²) in [5.41, 5.74) is 9.21. The number of carbonyl (C=O) groups excluding carboxylic acids is 1. The molecule has 1 aromatic heterocycles. The molecule has 1 aliphatic heterocycles. The fourth-order valence-corrected chi connectivity index (χ4v) is 6.70. The molecule has 0 radical (unpaired) electrons. The maximum absolute atomic E-state index is 12.2. The summed E-state index contributed by atoms with van der Waals surface area (Å²) < 4.78 is 8.30. The van der Waals surface area contributed by atoms with Gasteiger partial charge >= 0.3 is 0 Å². The van der Waals surface area contributed by atoms with Crippen molar-refractivity contribution in [3.8, 4) is 11.4 Å². The number of aryl methyl sites for hydroxylation is 1. The molecule has 178 valence electrons. The second-order valence-corrected chi connectivity index (χ2v) is 11.0. The Balaban J connectivity index is 1.31. The number of aromatic nitrogens is 1. The Morgan fingerprint density at radius 2 is 1.79 bits per heavy atom. The van der Waals surface area contributed by atoms with Crippen LogP contribution in [0.25, 0.3) is 5.69 Å². The van der Waals surface area contributed by atoms with Gasteiger partial charge in [0, 0.05) is 53.9 Å². The predicted molar refractivity (Wildman–Crippen MR) is 145 cm³/mol. The molecule has 1 amide bonds. The first-order chi connectivity index (χ1) is 16.4. The maximum atomic E-state index is 12.2. The number of hydrazone groups is 1. The van der Waals surface area contributed by atoms with E-state index in [-0.39, 0.29) is 12.5 Å². The minimum Gasteiger partial charge on any atom is -0.484 e. The van der Waals surface area contributed by atoms with Crippen LogP contribution < -0.4 is 15.1 Å². The van der Waals surface area contributed by atoms with E-state index < -0.39 is 0 Å². The van der Waals surface area contributed by atoms with Gasteiger partial charge in [0.25, 0.3) is 5.91 Å². The summed E-state index contributed by atoms with van der Waals surface area (Å²) >= 11 is 3.94. The maximum Gasteiger partial charge on any atom is 0.277 e. The lowest BCUT2D eigenvalue weighted by atomic mass is 10.2. The molecule has 0 atom stereocenters. The van der Waals surface area contributed by atoms with Crippen molar-refractivity contribution in [3.05, 3.63) is 77.1 Å². The van der Waals surface area contributed by atoms with Crippen molar-refractivity contribution >= 4 is 41.3 Å². The molecule has 4 rings (SSSR count). The average Bonchev–Trinajstić information content (AvgIpc) is 3.46. The molecule has 1 N–H and O–H groups in total. The third kappa shape index (κ3) is 5.80. The van der Waals surface area contributed by atoms with Gasteiger partial charge < -0.3 is 14.2 Å². The van der Waals surface area contributed by atoms with Crippen molar-refractivity contribution in [1.29, 1.82) is 0 Å². The van der Waals surface area contributed by atoms with Gasteiger partial charge in [-0.05, 0) is 61.9 Å². The number of thioether (sulfide) groups is 2. The van der Waals surface area contributed by atoms with Gasteiger partial charge in [0.2, 0.25) is 0 Å². The quantitative estimate of drug-likeness (QED) is 0.346. The zero-order valence-electron chi connectivity index (χ0n) is 19.9. The van der Waals surface area contributed by atoms with E-state index in [0.29, 0.717) is 10.3 Å². The Hall–Kier alpha value is -2.84. The zero-order valence-corrected chi connectivity index (χ0v) is 21.6. The minimum atomic E-state index is -0.296. The Morgan fingerprint density at radius 1 is 1.12 bits per heavy atom. The van der Waals surface area contributed by atoms with Crippen molar-refractivity contribution in [2.24, 2.45) is 5.10 Å². The highest BCUT2D eigenvalue weighted by Gasteiger charge is 2.18. The summed E-state index contributed by atoms with van der Waals surface area (Å²) in [4.78, 5) is 14.3. The molecule has 8 heteroatoms. The first-order valence-electron chi connectivity index (χ1n) is 11.2. The molecule has 1 fully saturated rings. The fourth-order valence-electron chi connectivity index (χ4n) is 3.84. The van der Waals surface area contributed by atoms with Crippen molar-refractivity contribution in [2.45, 2.75) is 18.4 Å². The molecule has 0 unspecified atom stereocenters. The van der Waals surface area contributed by atoms with E-state index in [1.807, 2.05) is 56.7 Å². The van der Waals surface area contributed by atoms with Crippen LogP contribution in [0.2, 0.25) is 0 Å². The van der Waals surface area contributed by atoms with Crippen molar-refractivity contribution in [2.75, 3.05) is 37.1 Å². The first kappa shape index (κ1) is 24.3. The van der Waals surface area contributed by atoms with Crippen LogP contribution in [0.5, 0.6) is 5.75 Å². The van der Waals surface area contributed by atoms with Gasteiger partial charge in [-0.3, -0.25) is 4.79 Å². The first-order valence-corrected chi connectivity index (χ1v) is 13.3. The summed E-state index contributed by atoms with van der Waals surface area (Å²) in [7, 11) is 4.06. The Bertz CT molecular complexity index is 1150. The number of rotatable bonds is 8. The van der Waals surface area contributed by atoms with Gasteiger partial charge in [0.15, 0.2) is 6.61 Å². The van der Waals surface area contributed by atoms with Gasteiger partial charge in [-0.25, -0.2) is 5.43 Å². The highest BCUT2D eigenvalue weighted by atomic mass is 32.2. The van der Waals surface area contributed by atoms with Gasteiger partial charge in [-0.1, -0.05) is 12.1 Å². The number of nitrogens with zero attached hydrogens (tertiary/aromatic N) is 3. The number of amides is 1. The van der Waals surface area contributed by atoms with Crippen LogP contribution in [0.4, 0.5) is 5.69 Å². The standard InChI is InChI=1S/C26H30N4O2S2/c1-18-15-21(19(2)30(18)23-9-7-22(8-10-23)29(3)4)16-27-28-25(31)17-32-24-11-5-20(6-12-24)26-33-13-14-34-26/h5-12,15-16,26H,13-14,17H2,1-4H3,(H,28,31)/b27-16-. The minimum absolute atomic E-state index is 0.0825. The number of ether oxygens (including phenoxy) is 1. The van der Waals surface area contributed by atoms with Crippen LogP contribution in [-0.4, -0.2) is 48.9 Å². The molecule has 0 spiro atoms. The SMILES string of the molecule is Cc1cc(/C=N\NC(=O)COc2ccc(C3SCCS3)cc2)c(C)n1-c1ccc(N(C)C)cc1. The number of nitrogens with one attached hydrogen (secondary N) is 1. The smallest absolute Gasteiger partial charge is 0.277 e. The van der Waals surface area contributed by atoms with Gasteiger partial charge in [-0.2, -0.15) is 5.10 Å². The zero-order chi connectivity index (χ0) is 24.1. The van der Waals surface area contributed by atoms with Crippen molar-refractivity contribution in [1.82, 2.24) is 9.99 Å². The monoisotopic (exact) mass is 494 g/mol. The highest BCUT2D eigenvalue weighted by Crippen LogP contribution is 2.45. The molecule has 6 nitrogen and oxygen atoms in total. The van der Waals surface area contributed by atoms with Crippen LogP contribution >= 0.6 is 23.5 Å². The normalized spacial score (nSPS) is 14.0. The van der Waals surface area contributed by atoms with Crippen LogP contribution in [0, 0.1) is 13.8 Å². The van der Waals surface area contributed by atoms with Gasteiger partial charge in [0.1, 0.15) is 5.75 Å². The lowest BCUT2D eigenvalue weighted by Crippen LogP contribution is -2.24. The van der Waals surface area contributed by atoms with Crippen LogP contribution in [0.15, 0.2) is 59.7 Å². The Kier molecular flexibility index (Phi) is 7.90. The molecule has 2 heterocycles. The van der Waals surface area contributed by atoms with E-state index in [1.54, 1.807) is 6.21 Å². The molecule has 0 bridgehead atoms. The molecule has 3 aromatic rings. The van der Waals surface area contributed by atoms with E-state index in [2.05, 4.69) is 69.4 Å². The number of carbonyl (C=O) groups is 1. The summed E-state index contributed by atoms with van der Waals surface area (Å²) in [6, 6.07) is 18.5. The van der Waals surface area contributed by atoms with E-state index in [0.717, 1.165) is 28.3 Å². The Labute approximate surface area is 209 Å². The topological polar surface area (TPSA) is 58.9 Å². The fraction of sp³-hybridized carbons (Fsp3) is 0.308. The summed E-state index contributed by atoms with van der Waals surface area (Å²) in [6.45, 7) is 4.03. The van der Waals surface area contributed by atoms with Crippen molar-refractivity contribution < 1.29 is 9.53 Å². The number of anilines is 1. The summed E-state index contributed by atoms with van der Waals surface area (Å²) in [6.07, 6.45) is 1.68. The van der Waals surface area contributed by atoms with Gasteiger partial charge in [-0.15, -0.1) is 23.5 Å². The van der Waals surface area contributed by atoms with Crippen LogP contribution in [0.3, 0.4) is 0 Å². The molecule has 2 aromatic carbocycles. The second-order valence-electron chi connectivity index (χ2n) is 8.30. The van der Waals surface area contributed by atoms with E-state index in [9.17, 15) is 4.79 Å².